The molecule has 0 heteroatoms. The lowest BCUT2D eigenvalue weighted by molar-refractivity contribution is 0.412. The predicted molar refractivity (Wildman–Crippen MR) is 174 cm³/mol. The van der Waals surface area contributed by atoms with Gasteiger partial charge in [-0.05, 0) is 80.0 Å². The van der Waals surface area contributed by atoms with Crippen molar-refractivity contribution in [2.75, 3.05) is 0 Å². The lowest BCUT2D eigenvalue weighted by atomic mass is 9.95. The minimum absolute atomic E-state index is 0.759. The highest BCUT2D eigenvalue weighted by molar-refractivity contribution is 4.83. The van der Waals surface area contributed by atoms with E-state index in [2.05, 4.69) is 123 Å². The summed E-state index contributed by atoms with van der Waals surface area (Å²) in [7, 11) is 0. The van der Waals surface area contributed by atoms with Crippen LogP contribution in [-0.4, -0.2) is 0 Å². The molecule has 0 spiro atoms. The van der Waals surface area contributed by atoms with Gasteiger partial charge >= 0.3 is 0 Å². The highest BCUT2D eigenvalue weighted by atomic mass is 14.1. The Morgan fingerprint density at radius 1 is 0.417 bits per heavy atom. The SMILES string of the molecule is C/C=C\C(C)CC(C)C.CCCC(C)CC(C)C.CCCC(C)CC(C)C.CCCC(C)CC(C)C. The Morgan fingerprint density at radius 3 is 0.833 bits per heavy atom. The highest BCUT2D eigenvalue weighted by Crippen LogP contribution is 2.17. The molecule has 36 heavy (non-hydrogen) atoms. The van der Waals surface area contributed by atoms with Crippen LogP contribution in [-0.2, 0) is 0 Å². The second-order valence-electron chi connectivity index (χ2n) is 13.7. The number of rotatable bonds is 15. The van der Waals surface area contributed by atoms with Crippen LogP contribution in [0.3, 0.4) is 0 Å². The quantitative estimate of drug-likeness (QED) is 0.192. The molecule has 0 aliphatic rings. The summed E-state index contributed by atoms with van der Waals surface area (Å²) in [4.78, 5) is 0. The Kier molecular flexibility index (Phi) is 36.8. The van der Waals surface area contributed by atoms with Gasteiger partial charge in [-0.1, -0.05) is 155 Å². The van der Waals surface area contributed by atoms with Crippen LogP contribution in [0.15, 0.2) is 12.2 Å². The van der Waals surface area contributed by atoms with E-state index in [0.29, 0.717) is 0 Å². The first kappa shape index (κ1) is 42.8. The molecule has 0 N–H and O–H groups in total. The Labute approximate surface area is 234 Å². The summed E-state index contributed by atoms with van der Waals surface area (Å²) in [6.45, 7) is 36.5. The zero-order valence-corrected chi connectivity index (χ0v) is 28.8. The standard InChI is InChI=1S/3C9H20.C9H18/c4*1-5-6-9(4)7-8(2)3/h3*8-9H,5-7H2,1-4H3;5-6,8-9H,7H2,1-4H3/b;;;6-5-. The maximum Gasteiger partial charge on any atom is -0.0260 e. The first-order valence-electron chi connectivity index (χ1n) is 16.3. The van der Waals surface area contributed by atoms with E-state index in [1.54, 1.807) is 0 Å². The Hall–Kier alpha value is -0.260. The molecule has 0 aromatic rings. The van der Waals surface area contributed by atoms with E-state index in [-0.39, 0.29) is 0 Å². The van der Waals surface area contributed by atoms with Crippen LogP contribution in [0, 0.1) is 47.3 Å². The molecule has 0 saturated carbocycles. The highest BCUT2D eigenvalue weighted by Gasteiger charge is 2.03. The van der Waals surface area contributed by atoms with E-state index in [1.807, 2.05) is 0 Å². The molecular formula is C36H78. The summed E-state index contributed by atoms with van der Waals surface area (Å²) < 4.78 is 0. The van der Waals surface area contributed by atoms with Crippen molar-refractivity contribution in [3.63, 3.8) is 0 Å². The average Bonchev–Trinajstić information content (AvgIpc) is 2.68. The fraction of sp³-hybridized carbons (Fsp3) is 0.944. The topological polar surface area (TPSA) is 0 Å². The van der Waals surface area contributed by atoms with E-state index in [1.165, 1.54) is 64.2 Å². The van der Waals surface area contributed by atoms with Gasteiger partial charge in [-0.2, -0.15) is 0 Å². The molecule has 0 nitrogen and oxygen atoms in total. The van der Waals surface area contributed by atoms with Crippen molar-refractivity contribution < 1.29 is 0 Å². The van der Waals surface area contributed by atoms with Crippen LogP contribution in [0.4, 0.5) is 0 Å². The molecule has 0 rings (SSSR count). The van der Waals surface area contributed by atoms with Crippen molar-refractivity contribution in [2.24, 2.45) is 47.3 Å². The molecule has 4 atom stereocenters. The third-order valence-electron chi connectivity index (χ3n) is 6.33. The van der Waals surface area contributed by atoms with E-state index in [9.17, 15) is 0 Å². The second kappa shape index (κ2) is 31.0. The summed E-state index contributed by atoms with van der Waals surface area (Å²) in [5.41, 5.74) is 0. The van der Waals surface area contributed by atoms with E-state index >= 15 is 0 Å². The van der Waals surface area contributed by atoms with Crippen molar-refractivity contribution in [1.82, 2.24) is 0 Å². The van der Waals surface area contributed by atoms with Gasteiger partial charge in [0.15, 0.2) is 0 Å². The van der Waals surface area contributed by atoms with Gasteiger partial charge < -0.3 is 0 Å². The van der Waals surface area contributed by atoms with Gasteiger partial charge in [-0.15, -0.1) is 0 Å². The first-order valence-corrected chi connectivity index (χ1v) is 16.3. The molecular weight excluding hydrogens is 432 g/mol. The van der Waals surface area contributed by atoms with Crippen molar-refractivity contribution in [1.29, 1.82) is 0 Å². The maximum absolute atomic E-state index is 2.35. The van der Waals surface area contributed by atoms with Crippen molar-refractivity contribution in [3.8, 4) is 0 Å². The van der Waals surface area contributed by atoms with Gasteiger partial charge in [0.25, 0.3) is 0 Å². The van der Waals surface area contributed by atoms with Gasteiger partial charge in [-0.25, -0.2) is 0 Å². The Balaban J connectivity index is -0.000000190. The normalized spacial score (nSPS) is 14.6. The van der Waals surface area contributed by atoms with Crippen molar-refractivity contribution in [3.05, 3.63) is 12.2 Å². The molecule has 0 amide bonds. The molecule has 0 aromatic carbocycles. The van der Waals surface area contributed by atoms with Gasteiger partial charge in [0.2, 0.25) is 0 Å². The zero-order valence-electron chi connectivity index (χ0n) is 28.8. The Bertz CT molecular complexity index is 357. The molecule has 0 saturated heterocycles. The summed E-state index contributed by atoms with van der Waals surface area (Å²) in [6, 6.07) is 0. The number of hydrogen-bond donors (Lipinski definition) is 0. The van der Waals surface area contributed by atoms with Crippen LogP contribution >= 0.6 is 0 Å². The second-order valence-corrected chi connectivity index (χ2v) is 13.7. The summed E-state index contributed by atoms with van der Waals surface area (Å²) in [5, 5.41) is 0. The first-order chi connectivity index (χ1) is 16.7. The van der Waals surface area contributed by atoms with Crippen LogP contribution in [0.2, 0.25) is 0 Å². The van der Waals surface area contributed by atoms with Gasteiger partial charge in [-0.3, -0.25) is 0 Å². The molecule has 4 unspecified atom stereocenters. The third kappa shape index (κ3) is 47.0. The lowest BCUT2D eigenvalue weighted by Gasteiger charge is -2.11. The molecule has 0 aromatic heterocycles. The molecule has 0 heterocycles. The van der Waals surface area contributed by atoms with E-state index in [0.717, 1.165) is 47.3 Å². The summed E-state index contributed by atoms with van der Waals surface area (Å²) in [6.07, 6.45) is 18.1. The fourth-order valence-corrected chi connectivity index (χ4v) is 5.40. The number of hydrogen-bond acceptors (Lipinski definition) is 0. The van der Waals surface area contributed by atoms with Crippen LogP contribution in [0.5, 0.6) is 0 Å². The van der Waals surface area contributed by atoms with E-state index in [4.69, 9.17) is 0 Å². The van der Waals surface area contributed by atoms with Gasteiger partial charge in [0.05, 0.1) is 0 Å². The summed E-state index contributed by atoms with van der Waals surface area (Å²) >= 11 is 0. The third-order valence-corrected chi connectivity index (χ3v) is 6.33. The molecule has 0 aliphatic carbocycles. The predicted octanol–water partition coefficient (Wildman–Crippen LogP) is 13.7. The van der Waals surface area contributed by atoms with E-state index < -0.39 is 0 Å². The molecule has 0 radical (unpaired) electrons. The van der Waals surface area contributed by atoms with Crippen molar-refractivity contribution in [2.45, 2.75) is 175 Å². The lowest BCUT2D eigenvalue weighted by Crippen LogP contribution is -1.98. The van der Waals surface area contributed by atoms with Gasteiger partial charge in [0.1, 0.15) is 0 Å². The number of allylic oxidation sites excluding steroid dienone is 2. The summed E-state index contributed by atoms with van der Waals surface area (Å²) in [5.74, 6) is 7.05. The molecule has 222 valence electrons. The Morgan fingerprint density at radius 2 is 0.667 bits per heavy atom. The fourth-order valence-electron chi connectivity index (χ4n) is 5.40. The molecule has 0 bridgehead atoms. The smallest absolute Gasteiger partial charge is 0.0260 e. The molecule has 0 aliphatic heterocycles. The largest absolute Gasteiger partial charge is 0.0914 e. The van der Waals surface area contributed by atoms with Crippen LogP contribution in [0.25, 0.3) is 0 Å². The maximum atomic E-state index is 2.35. The molecule has 0 fully saturated rings. The minimum atomic E-state index is 0.759. The van der Waals surface area contributed by atoms with Gasteiger partial charge in [0, 0.05) is 0 Å². The van der Waals surface area contributed by atoms with Crippen molar-refractivity contribution >= 4 is 0 Å². The van der Waals surface area contributed by atoms with Crippen LogP contribution < -0.4 is 0 Å². The average molecular weight is 511 g/mol. The zero-order chi connectivity index (χ0) is 29.1. The monoisotopic (exact) mass is 511 g/mol. The van der Waals surface area contributed by atoms with Crippen LogP contribution in [0.1, 0.15) is 175 Å². The minimum Gasteiger partial charge on any atom is -0.0914 e.